The van der Waals surface area contributed by atoms with Gasteiger partial charge in [-0.2, -0.15) is 0 Å². The number of carbonyl (C=O) groups excluding carboxylic acids is 2. The molecule has 1 atom stereocenters. The van der Waals surface area contributed by atoms with Gasteiger partial charge < -0.3 is 10.6 Å². The van der Waals surface area contributed by atoms with Crippen LogP contribution in [-0.2, 0) is 9.59 Å². The van der Waals surface area contributed by atoms with Crippen molar-refractivity contribution in [2.24, 2.45) is 29.1 Å². The topological polar surface area (TPSA) is 71.1 Å². The molecule has 4 bridgehead atoms. The molecule has 1 aromatic heterocycles. The molecule has 0 radical (unpaired) electrons. The first kappa shape index (κ1) is 17.0. The second kappa shape index (κ2) is 6.38. The summed E-state index contributed by atoms with van der Waals surface area (Å²) in [5.41, 5.74) is -0.219. The van der Waals surface area contributed by atoms with Crippen LogP contribution in [0.2, 0.25) is 0 Å². The van der Waals surface area contributed by atoms with Crippen LogP contribution in [-0.4, -0.2) is 22.8 Å². The summed E-state index contributed by atoms with van der Waals surface area (Å²) in [4.78, 5) is 30.0. The van der Waals surface area contributed by atoms with Gasteiger partial charge in [0.15, 0.2) is 5.13 Å². The van der Waals surface area contributed by atoms with Gasteiger partial charge in [0.1, 0.15) is 6.04 Å². The van der Waals surface area contributed by atoms with E-state index in [0.717, 1.165) is 37.0 Å². The first-order chi connectivity index (χ1) is 11.9. The minimum Gasteiger partial charge on any atom is -0.344 e. The summed E-state index contributed by atoms with van der Waals surface area (Å²) in [6.45, 7) is 3.96. The van der Waals surface area contributed by atoms with Crippen LogP contribution in [0.3, 0.4) is 0 Å². The van der Waals surface area contributed by atoms with Crippen LogP contribution in [0.4, 0.5) is 5.13 Å². The van der Waals surface area contributed by atoms with Gasteiger partial charge in [0.2, 0.25) is 11.8 Å². The predicted octanol–water partition coefficient (Wildman–Crippen LogP) is 3.44. The fourth-order valence-corrected chi connectivity index (χ4v) is 6.22. The van der Waals surface area contributed by atoms with Crippen LogP contribution in [0.1, 0.15) is 52.4 Å². The highest BCUT2D eigenvalue weighted by Crippen LogP contribution is 2.60. The average molecular weight is 362 g/mol. The third-order valence-electron chi connectivity index (χ3n) is 6.42. The summed E-state index contributed by atoms with van der Waals surface area (Å²) in [5.74, 6) is 2.15. The predicted molar refractivity (Wildman–Crippen MR) is 98.1 cm³/mol. The van der Waals surface area contributed by atoms with Crippen molar-refractivity contribution >= 4 is 28.3 Å². The largest absolute Gasteiger partial charge is 0.344 e. The van der Waals surface area contributed by atoms with Crippen molar-refractivity contribution in [2.45, 2.75) is 58.4 Å². The first-order valence-electron chi connectivity index (χ1n) is 9.46. The smallest absolute Gasteiger partial charge is 0.248 e. The van der Waals surface area contributed by atoms with Crippen molar-refractivity contribution in [3.05, 3.63) is 11.6 Å². The molecule has 4 aliphatic carbocycles. The van der Waals surface area contributed by atoms with Gasteiger partial charge in [0.05, 0.1) is 0 Å². The molecule has 4 fully saturated rings. The number of amides is 2. The van der Waals surface area contributed by atoms with Crippen molar-refractivity contribution in [1.82, 2.24) is 10.3 Å². The van der Waals surface area contributed by atoms with Gasteiger partial charge >= 0.3 is 0 Å². The maximum absolute atomic E-state index is 13.2. The second-order valence-corrected chi connectivity index (χ2v) is 9.61. The zero-order chi connectivity index (χ0) is 17.6. The maximum Gasteiger partial charge on any atom is 0.248 e. The molecule has 0 aliphatic heterocycles. The SMILES string of the molecule is CC(C)C(NC(=O)C12CC3CC(CC(C3)C1)C2)C(=O)Nc1nccs1. The Morgan fingerprint density at radius 2 is 1.76 bits per heavy atom. The standard InChI is InChI=1S/C19H27N3O2S/c1-11(2)15(16(23)22-18-20-3-4-25-18)21-17(24)19-8-12-5-13(9-19)7-14(6-12)10-19/h3-4,11-15H,5-10H2,1-2H3,(H,21,24)(H,20,22,23). The van der Waals surface area contributed by atoms with Gasteiger partial charge in [-0.25, -0.2) is 4.98 Å². The van der Waals surface area contributed by atoms with Gasteiger partial charge in [-0.3, -0.25) is 9.59 Å². The quantitative estimate of drug-likeness (QED) is 0.844. The lowest BCUT2D eigenvalue weighted by molar-refractivity contribution is -0.148. The van der Waals surface area contributed by atoms with Crippen LogP contribution in [0.5, 0.6) is 0 Å². The molecule has 1 unspecified atom stereocenters. The minimum atomic E-state index is -0.510. The van der Waals surface area contributed by atoms with E-state index in [0.29, 0.717) is 5.13 Å². The lowest BCUT2D eigenvalue weighted by Crippen LogP contribution is -2.57. The summed E-state index contributed by atoms with van der Waals surface area (Å²) in [6.07, 6.45) is 8.65. The molecule has 25 heavy (non-hydrogen) atoms. The van der Waals surface area contributed by atoms with Gasteiger partial charge in [-0.1, -0.05) is 13.8 Å². The van der Waals surface area contributed by atoms with Gasteiger partial charge in [0, 0.05) is 17.0 Å². The molecule has 2 N–H and O–H groups in total. The number of hydrogen-bond acceptors (Lipinski definition) is 4. The molecule has 6 heteroatoms. The van der Waals surface area contributed by atoms with E-state index < -0.39 is 6.04 Å². The zero-order valence-electron chi connectivity index (χ0n) is 15.0. The molecule has 5 rings (SSSR count). The number of thiazole rings is 1. The molecule has 0 saturated heterocycles. The van der Waals surface area contributed by atoms with Crippen LogP contribution in [0, 0.1) is 29.1 Å². The monoisotopic (exact) mass is 361 g/mol. The fourth-order valence-electron chi connectivity index (χ4n) is 5.69. The lowest BCUT2D eigenvalue weighted by Gasteiger charge is -2.55. The zero-order valence-corrected chi connectivity index (χ0v) is 15.8. The van der Waals surface area contributed by atoms with E-state index in [9.17, 15) is 9.59 Å². The average Bonchev–Trinajstić information content (AvgIpc) is 3.03. The Kier molecular flexibility index (Phi) is 4.34. The highest BCUT2D eigenvalue weighted by atomic mass is 32.1. The fraction of sp³-hybridized carbons (Fsp3) is 0.737. The summed E-state index contributed by atoms with van der Waals surface area (Å²) in [7, 11) is 0. The molecular formula is C19H27N3O2S. The Morgan fingerprint density at radius 3 is 2.24 bits per heavy atom. The van der Waals surface area contributed by atoms with Crippen molar-refractivity contribution in [3.8, 4) is 0 Å². The third-order valence-corrected chi connectivity index (χ3v) is 7.11. The van der Waals surface area contributed by atoms with Crippen LogP contribution in [0.15, 0.2) is 11.6 Å². The molecule has 4 aliphatic rings. The van der Waals surface area contributed by atoms with E-state index in [4.69, 9.17) is 0 Å². The van der Waals surface area contributed by atoms with Crippen molar-refractivity contribution in [3.63, 3.8) is 0 Å². The van der Waals surface area contributed by atoms with Crippen LogP contribution in [0.25, 0.3) is 0 Å². The number of aromatic nitrogens is 1. The molecule has 0 spiro atoms. The number of carbonyl (C=O) groups is 2. The number of nitrogens with one attached hydrogen (secondary N) is 2. The number of hydrogen-bond donors (Lipinski definition) is 2. The molecular weight excluding hydrogens is 334 g/mol. The highest BCUT2D eigenvalue weighted by molar-refractivity contribution is 7.13. The third kappa shape index (κ3) is 3.21. The first-order valence-corrected chi connectivity index (χ1v) is 10.3. The van der Waals surface area contributed by atoms with Gasteiger partial charge in [0.25, 0.3) is 0 Å². The molecule has 136 valence electrons. The normalized spacial score (nSPS) is 34.1. The number of rotatable bonds is 5. The molecule has 4 saturated carbocycles. The van der Waals surface area contributed by atoms with Gasteiger partial charge in [-0.15, -0.1) is 11.3 Å². The number of nitrogens with zero attached hydrogens (tertiary/aromatic N) is 1. The van der Waals surface area contributed by atoms with Crippen molar-refractivity contribution in [1.29, 1.82) is 0 Å². The molecule has 1 aromatic rings. The lowest BCUT2D eigenvalue weighted by atomic mass is 9.49. The summed E-state index contributed by atoms with van der Waals surface area (Å²) in [6, 6.07) is -0.510. The Bertz CT molecular complexity index is 620. The molecule has 5 nitrogen and oxygen atoms in total. The Morgan fingerprint density at radius 1 is 1.16 bits per heavy atom. The molecule has 2 amide bonds. The van der Waals surface area contributed by atoms with Gasteiger partial charge in [-0.05, 0) is 62.2 Å². The van der Waals surface area contributed by atoms with E-state index in [1.54, 1.807) is 6.20 Å². The van der Waals surface area contributed by atoms with Crippen LogP contribution < -0.4 is 10.6 Å². The van der Waals surface area contributed by atoms with E-state index in [1.807, 2.05) is 19.2 Å². The van der Waals surface area contributed by atoms with E-state index >= 15 is 0 Å². The number of anilines is 1. The van der Waals surface area contributed by atoms with E-state index in [2.05, 4.69) is 15.6 Å². The maximum atomic E-state index is 13.2. The van der Waals surface area contributed by atoms with Crippen LogP contribution >= 0.6 is 11.3 Å². The summed E-state index contributed by atoms with van der Waals surface area (Å²) >= 11 is 1.39. The molecule has 1 heterocycles. The van der Waals surface area contributed by atoms with Crippen molar-refractivity contribution < 1.29 is 9.59 Å². The summed E-state index contributed by atoms with van der Waals surface area (Å²) in [5, 5.41) is 8.36. The summed E-state index contributed by atoms with van der Waals surface area (Å²) < 4.78 is 0. The highest BCUT2D eigenvalue weighted by Gasteiger charge is 2.55. The van der Waals surface area contributed by atoms with E-state index in [1.165, 1.54) is 30.6 Å². The Balaban J connectivity index is 1.47. The second-order valence-electron chi connectivity index (χ2n) is 8.72. The Hall–Kier alpha value is -1.43. The Labute approximate surface area is 153 Å². The van der Waals surface area contributed by atoms with E-state index in [-0.39, 0.29) is 23.1 Å². The van der Waals surface area contributed by atoms with Crippen molar-refractivity contribution in [2.75, 3.05) is 5.32 Å². The molecule has 0 aromatic carbocycles. The minimum absolute atomic E-state index is 0.0397.